The lowest BCUT2D eigenvalue weighted by molar-refractivity contribution is -0.113. The van der Waals surface area contributed by atoms with Crippen LogP contribution in [-0.4, -0.2) is 25.8 Å². The van der Waals surface area contributed by atoms with Gasteiger partial charge >= 0.3 is 0 Å². The summed E-state index contributed by atoms with van der Waals surface area (Å²) in [6.07, 6.45) is 5.00. The minimum atomic E-state index is -0.217. The van der Waals surface area contributed by atoms with Crippen molar-refractivity contribution >= 4 is 17.5 Å². The van der Waals surface area contributed by atoms with Crippen molar-refractivity contribution in [3.8, 4) is 11.3 Å². The lowest BCUT2D eigenvalue weighted by Crippen LogP contribution is -1.98. The van der Waals surface area contributed by atoms with Crippen molar-refractivity contribution in [3.05, 3.63) is 47.5 Å². The third-order valence-corrected chi connectivity index (χ3v) is 3.60. The third-order valence-electron chi connectivity index (χ3n) is 2.43. The molecule has 1 N–H and O–H groups in total. The highest BCUT2D eigenvalue weighted by Gasteiger charge is 2.13. The molecule has 6 heteroatoms. The summed E-state index contributed by atoms with van der Waals surface area (Å²) in [7, 11) is 0. The van der Waals surface area contributed by atoms with Crippen LogP contribution in [0.5, 0.6) is 0 Å². The zero-order valence-corrected chi connectivity index (χ0v) is 11.9. The van der Waals surface area contributed by atoms with Crippen LogP contribution in [0.25, 0.3) is 11.3 Å². The van der Waals surface area contributed by atoms with Crippen LogP contribution in [0.3, 0.4) is 0 Å². The van der Waals surface area contributed by atoms with Gasteiger partial charge in [-0.3, -0.25) is 9.78 Å². The van der Waals surface area contributed by atoms with E-state index in [2.05, 4.69) is 15.0 Å². The van der Waals surface area contributed by atoms with E-state index in [0.717, 1.165) is 17.3 Å². The first-order valence-corrected chi connectivity index (χ1v) is 6.71. The molecule has 5 nitrogen and oxygen atoms in total. The first kappa shape index (κ1) is 14.2. The van der Waals surface area contributed by atoms with E-state index in [1.54, 1.807) is 24.7 Å². The lowest BCUT2D eigenvalue weighted by atomic mass is 10.2. The molecule has 0 radical (unpaired) electrons. The maximum atomic E-state index is 11.4. The molecule has 0 amide bonds. The van der Waals surface area contributed by atoms with E-state index in [-0.39, 0.29) is 16.4 Å². The van der Waals surface area contributed by atoms with Gasteiger partial charge in [-0.25, -0.2) is 9.97 Å². The molecule has 0 bridgehead atoms. The number of carbonyl (C=O) groups is 1. The molecule has 2 heterocycles. The summed E-state index contributed by atoms with van der Waals surface area (Å²) in [5, 5.41) is 9.91. The van der Waals surface area contributed by atoms with Gasteiger partial charge in [-0.1, -0.05) is 0 Å². The molecule has 2 rings (SSSR count). The van der Waals surface area contributed by atoms with Gasteiger partial charge in [0.15, 0.2) is 10.9 Å². The van der Waals surface area contributed by atoms with E-state index < -0.39 is 0 Å². The van der Waals surface area contributed by atoms with Gasteiger partial charge in [-0.2, -0.15) is 0 Å². The fraction of sp³-hybridized carbons (Fsp3) is 0.143. The largest absolute Gasteiger partial charge is 0.511 e. The van der Waals surface area contributed by atoms with Crippen LogP contribution in [0.2, 0.25) is 0 Å². The molecule has 2 aromatic rings. The quantitative estimate of drug-likeness (QED) is 0.403. The van der Waals surface area contributed by atoms with Gasteiger partial charge in [0.1, 0.15) is 5.76 Å². The van der Waals surface area contributed by atoms with Crippen molar-refractivity contribution in [1.29, 1.82) is 0 Å². The Morgan fingerprint density at radius 2 is 2.05 bits per heavy atom. The molecule has 0 fully saturated rings. The molecule has 0 aliphatic carbocycles. The van der Waals surface area contributed by atoms with Crippen LogP contribution in [0.15, 0.2) is 52.6 Å². The number of aromatic nitrogens is 3. The first-order chi connectivity index (χ1) is 9.58. The molecule has 2 aromatic heterocycles. The Kier molecular flexibility index (Phi) is 4.47. The highest BCUT2D eigenvalue weighted by atomic mass is 32.2. The zero-order valence-electron chi connectivity index (χ0n) is 11.1. The lowest BCUT2D eigenvalue weighted by Gasteiger charge is -2.05. The molecule has 0 aliphatic rings. The van der Waals surface area contributed by atoms with Crippen molar-refractivity contribution in [2.24, 2.45) is 0 Å². The number of hydrogen-bond donors (Lipinski definition) is 1. The summed E-state index contributed by atoms with van der Waals surface area (Å²) in [4.78, 5) is 24.2. The number of pyridine rings is 1. The van der Waals surface area contributed by atoms with Crippen molar-refractivity contribution in [2.75, 3.05) is 0 Å². The number of carbonyl (C=O) groups excluding carboxylic acids is 1. The normalized spacial score (nSPS) is 11.9. The molecular formula is C14H13N3O2S. The van der Waals surface area contributed by atoms with E-state index in [4.69, 9.17) is 0 Å². The maximum absolute atomic E-state index is 11.4. The number of thioether (sulfide) groups is 1. The Labute approximate surface area is 120 Å². The number of aliphatic hydroxyl groups is 1. The van der Waals surface area contributed by atoms with E-state index in [9.17, 15) is 9.90 Å². The standard InChI is InChI=1S/C14H13N3O2S/c1-9(18)13(10(2)19)20-14-16-7-5-12(17-14)11-4-3-6-15-8-11/h3-8,18H,1-2H3/b13-9-. The first-order valence-electron chi connectivity index (χ1n) is 5.90. The van der Waals surface area contributed by atoms with Crippen molar-refractivity contribution in [1.82, 2.24) is 15.0 Å². The fourth-order valence-electron chi connectivity index (χ4n) is 1.56. The van der Waals surface area contributed by atoms with Gasteiger partial charge in [-0.05, 0) is 43.8 Å². The fourth-order valence-corrected chi connectivity index (χ4v) is 2.29. The number of ketones is 1. The molecule has 0 saturated heterocycles. The Bertz CT molecular complexity index is 652. The Balaban J connectivity index is 2.32. The highest BCUT2D eigenvalue weighted by molar-refractivity contribution is 8.03. The van der Waals surface area contributed by atoms with E-state index >= 15 is 0 Å². The number of rotatable bonds is 4. The molecule has 102 valence electrons. The van der Waals surface area contributed by atoms with Crippen molar-refractivity contribution in [2.45, 2.75) is 19.0 Å². The molecule has 0 saturated carbocycles. The second-order valence-electron chi connectivity index (χ2n) is 4.04. The molecule has 0 atom stereocenters. The van der Waals surface area contributed by atoms with Gasteiger partial charge in [0.05, 0.1) is 10.6 Å². The van der Waals surface area contributed by atoms with Gasteiger partial charge in [-0.15, -0.1) is 0 Å². The van der Waals surface area contributed by atoms with Gasteiger partial charge in [0, 0.05) is 24.2 Å². The summed E-state index contributed by atoms with van der Waals surface area (Å²) in [6.45, 7) is 2.86. The number of nitrogens with zero attached hydrogens (tertiary/aromatic N) is 3. The smallest absolute Gasteiger partial charge is 0.193 e. The molecule has 0 unspecified atom stereocenters. The molecule has 0 spiro atoms. The van der Waals surface area contributed by atoms with Crippen LogP contribution in [0, 0.1) is 0 Å². The summed E-state index contributed by atoms with van der Waals surface area (Å²) >= 11 is 1.05. The monoisotopic (exact) mass is 287 g/mol. The number of Topliss-reactive ketones (excluding diaryl/α,β-unsaturated/α-hetero) is 1. The minimum absolute atomic E-state index is 0.0297. The van der Waals surface area contributed by atoms with Crippen molar-refractivity contribution < 1.29 is 9.90 Å². The Morgan fingerprint density at radius 1 is 1.25 bits per heavy atom. The third kappa shape index (κ3) is 3.42. The molecular weight excluding hydrogens is 274 g/mol. The predicted molar refractivity (Wildman–Crippen MR) is 77.1 cm³/mol. The van der Waals surface area contributed by atoms with Gasteiger partial charge in [0.25, 0.3) is 0 Å². The number of aliphatic hydroxyl groups excluding tert-OH is 1. The average Bonchev–Trinajstić information content (AvgIpc) is 2.45. The van der Waals surface area contributed by atoms with Crippen LogP contribution < -0.4 is 0 Å². The minimum Gasteiger partial charge on any atom is -0.511 e. The molecule has 20 heavy (non-hydrogen) atoms. The number of allylic oxidation sites excluding steroid dienone is 2. The molecule has 0 aliphatic heterocycles. The van der Waals surface area contributed by atoms with Crippen molar-refractivity contribution in [3.63, 3.8) is 0 Å². The van der Waals surface area contributed by atoms with Gasteiger partial charge in [0.2, 0.25) is 0 Å². The van der Waals surface area contributed by atoms with Gasteiger partial charge < -0.3 is 5.11 Å². The van der Waals surface area contributed by atoms with Crippen LogP contribution in [-0.2, 0) is 4.79 Å². The summed E-state index contributed by atoms with van der Waals surface area (Å²) in [5.74, 6) is -0.247. The Morgan fingerprint density at radius 3 is 2.65 bits per heavy atom. The van der Waals surface area contributed by atoms with Crippen LogP contribution >= 0.6 is 11.8 Å². The highest BCUT2D eigenvalue weighted by Crippen LogP contribution is 2.27. The Hall–Kier alpha value is -2.21. The van der Waals surface area contributed by atoms with E-state index in [0.29, 0.717) is 10.9 Å². The molecule has 0 aromatic carbocycles. The van der Waals surface area contributed by atoms with E-state index in [1.165, 1.54) is 13.8 Å². The summed E-state index contributed by atoms with van der Waals surface area (Å²) in [6, 6.07) is 5.48. The summed E-state index contributed by atoms with van der Waals surface area (Å²) in [5.41, 5.74) is 1.58. The van der Waals surface area contributed by atoms with Crippen LogP contribution in [0.4, 0.5) is 0 Å². The van der Waals surface area contributed by atoms with Crippen LogP contribution in [0.1, 0.15) is 13.8 Å². The number of hydrogen-bond acceptors (Lipinski definition) is 6. The second-order valence-corrected chi connectivity index (χ2v) is 5.02. The topological polar surface area (TPSA) is 76.0 Å². The summed E-state index contributed by atoms with van der Waals surface area (Å²) < 4.78 is 0. The SMILES string of the molecule is CC(=O)/C(Sc1nccc(-c2cccnc2)n1)=C(\C)O. The zero-order chi connectivity index (χ0) is 14.5. The predicted octanol–water partition coefficient (Wildman–Crippen LogP) is 3.01. The average molecular weight is 287 g/mol. The maximum Gasteiger partial charge on any atom is 0.193 e. The van der Waals surface area contributed by atoms with E-state index in [1.807, 2.05) is 12.1 Å². The second kappa shape index (κ2) is 6.29.